The van der Waals surface area contributed by atoms with Gasteiger partial charge in [0.25, 0.3) is 5.91 Å². The molecular formula is C30H53N5O5. The van der Waals surface area contributed by atoms with Crippen molar-refractivity contribution in [2.45, 2.75) is 111 Å². The van der Waals surface area contributed by atoms with Crippen molar-refractivity contribution >= 4 is 23.7 Å². The molecule has 1 aromatic heterocycles. The van der Waals surface area contributed by atoms with Crippen LogP contribution in [0.5, 0.6) is 0 Å². The van der Waals surface area contributed by atoms with Gasteiger partial charge in [0.15, 0.2) is 0 Å². The Bertz CT molecular complexity index is 986. The Morgan fingerprint density at radius 2 is 1.77 bits per heavy atom. The summed E-state index contributed by atoms with van der Waals surface area (Å²) < 4.78 is 5.01. The number of hydrogen-bond acceptors (Lipinski definition) is 7. The standard InChI is InChI=1S/C28H43N5O5.C2H6.2H2/c1-6-10-18-15-21(27(37)38-5)33(17-18)26(36)23(28(2,3)4)32-25(35)22(19-11-8-7-9-12-19)31-24(34)20-16-29-13-14-30-20;1-2;;/h13-14,16,18-19,21-23H,6-12,15,17H2,1-5H3,(H,31,34)(H,32,35);1-2H3;2*1H/t18-,21+,22+,23-;;;/m1.../s1. The van der Waals surface area contributed by atoms with Gasteiger partial charge in [0.1, 0.15) is 23.8 Å². The molecular weight excluding hydrogens is 510 g/mol. The molecule has 2 aliphatic rings. The molecule has 2 fully saturated rings. The van der Waals surface area contributed by atoms with E-state index in [2.05, 4.69) is 27.5 Å². The normalized spacial score (nSPS) is 20.9. The average molecular weight is 564 g/mol. The van der Waals surface area contributed by atoms with Crippen molar-refractivity contribution < 1.29 is 26.8 Å². The lowest BCUT2D eigenvalue weighted by Crippen LogP contribution is -2.61. The molecule has 3 rings (SSSR count). The summed E-state index contributed by atoms with van der Waals surface area (Å²) in [4.78, 5) is 62.9. The van der Waals surface area contributed by atoms with E-state index in [1.807, 2.05) is 34.6 Å². The fourth-order valence-corrected chi connectivity index (χ4v) is 5.69. The van der Waals surface area contributed by atoms with E-state index >= 15 is 0 Å². The highest BCUT2D eigenvalue weighted by atomic mass is 16.5. The van der Waals surface area contributed by atoms with Crippen LogP contribution in [0.15, 0.2) is 18.6 Å². The molecule has 1 aliphatic heterocycles. The number of nitrogens with zero attached hydrogens (tertiary/aromatic N) is 3. The lowest BCUT2D eigenvalue weighted by Gasteiger charge is -2.37. The molecule has 0 radical (unpaired) electrons. The van der Waals surface area contributed by atoms with Crippen LogP contribution in [0.25, 0.3) is 0 Å². The second kappa shape index (κ2) is 15.7. The van der Waals surface area contributed by atoms with Gasteiger partial charge in [0.05, 0.1) is 13.3 Å². The maximum Gasteiger partial charge on any atom is 0.328 e. The maximum absolute atomic E-state index is 13.9. The third kappa shape index (κ3) is 8.73. The quantitative estimate of drug-likeness (QED) is 0.426. The highest BCUT2D eigenvalue weighted by Gasteiger charge is 2.46. The Labute approximate surface area is 242 Å². The van der Waals surface area contributed by atoms with Crippen LogP contribution in [0.1, 0.15) is 106 Å². The largest absolute Gasteiger partial charge is 0.467 e. The molecule has 4 atom stereocenters. The van der Waals surface area contributed by atoms with Crippen molar-refractivity contribution in [3.05, 3.63) is 24.3 Å². The van der Waals surface area contributed by atoms with Crippen LogP contribution >= 0.6 is 0 Å². The topological polar surface area (TPSA) is 131 Å². The zero-order chi connectivity index (χ0) is 29.9. The summed E-state index contributed by atoms with van der Waals surface area (Å²) in [5, 5.41) is 5.85. The second-order valence-electron chi connectivity index (χ2n) is 11.7. The predicted octanol–water partition coefficient (Wildman–Crippen LogP) is 4.39. The SMILES string of the molecule is CC.CCC[C@@H]1C[C@@H](C(=O)OC)N(C(=O)[C@@H](NC(=O)[C@@H](NC(=O)c2cnccn2)C2CCCCC2)C(C)(C)C)C1.[HH].[HH]. The van der Waals surface area contributed by atoms with Crippen LogP contribution in [-0.4, -0.2) is 70.3 Å². The Balaban J connectivity index is 0.00000411. The van der Waals surface area contributed by atoms with Gasteiger partial charge < -0.3 is 20.3 Å². The van der Waals surface area contributed by atoms with Crippen molar-refractivity contribution in [3.63, 3.8) is 0 Å². The van der Waals surface area contributed by atoms with E-state index in [0.29, 0.717) is 13.0 Å². The molecule has 0 spiro atoms. The number of nitrogens with one attached hydrogen (secondary N) is 2. The Morgan fingerprint density at radius 3 is 2.33 bits per heavy atom. The Morgan fingerprint density at radius 1 is 1.10 bits per heavy atom. The average Bonchev–Trinajstić information content (AvgIpc) is 3.39. The smallest absolute Gasteiger partial charge is 0.328 e. The minimum Gasteiger partial charge on any atom is -0.467 e. The Hall–Kier alpha value is -3.04. The number of ether oxygens (including phenoxy) is 1. The molecule has 10 nitrogen and oxygen atoms in total. The number of carbonyl (C=O) groups excluding carboxylic acids is 4. The van der Waals surface area contributed by atoms with E-state index in [1.54, 1.807) is 4.90 Å². The molecule has 2 N–H and O–H groups in total. The van der Waals surface area contributed by atoms with Crippen LogP contribution < -0.4 is 10.6 Å². The van der Waals surface area contributed by atoms with Gasteiger partial charge in [-0.1, -0.05) is 67.2 Å². The zero-order valence-electron chi connectivity index (χ0n) is 25.4. The maximum atomic E-state index is 13.9. The molecule has 1 saturated heterocycles. The van der Waals surface area contributed by atoms with Crippen molar-refractivity contribution in [2.75, 3.05) is 13.7 Å². The van der Waals surface area contributed by atoms with Gasteiger partial charge in [-0.05, 0) is 42.9 Å². The molecule has 228 valence electrons. The van der Waals surface area contributed by atoms with Gasteiger partial charge in [-0.15, -0.1) is 0 Å². The summed E-state index contributed by atoms with van der Waals surface area (Å²) in [6, 6.07) is -2.37. The summed E-state index contributed by atoms with van der Waals surface area (Å²) in [5.41, 5.74) is -0.507. The second-order valence-corrected chi connectivity index (χ2v) is 11.7. The fourth-order valence-electron chi connectivity index (χ4n) is 5.69. The van der Waals surface area contributed by atoms with E-state index < -0.39 is 41.3 Å². The van der Waals surface area contributed by atoms with Crippen LogP contribution in [0.4, 0.5) is 0 Å². The van der Waals surface area contributed by atoms with Crippen molar-refractivity contribution in [2.24, 2.45) is 17.3 Å². The zero-order valence-corrected chi connectivity index (χ0v) is 25.4. The molecule has 40 heavy (non-hydrogen) atoms. The van der Waals surface area contributed by atoms with Gasteiger partial charge in [-0.2, -0.15) is 0 Å². The van der Waals surface area contributed by atoms with Crippen molar-refractivity contribution in [1.82, 2.24) is 25.5 Å². The molecule has 10 heteroatoms. The van der Waals surface area contributed by atoms with E-state index in [9.17, 15) is 19.2 Å². The molecule has 0 bridgehead atoms. The highest BCUT2D eigenvalue weighted by molar-refractivity contribution is 5.97. The predicted molar refractivity (Wildman–Crippen MR) is 157 cm³/mol. The van der Waals surface area contributed by atoms with Crippen LogP contribution in [0.2, 0.25) is 0 Å². The minimum absolute atomic E-state index is 0. The monoisotopic (exact) mass is 563 g/mol. The minimum atomic E-state index is -0.887. The molecule has 1 aromatic rings. The number of hydrogen-bond donors (Lipinski definition) is 2. The lowest BCUT2D eigenvalue weighted by molar-refractivity contribution is -0.153. The van der Waals surface area contributed by atoms with Gasteiger partial charge in [-0.3, -0.25) is 19.4 Å². The summed E-state index contributed by atoms with van der Waals surface area (Å²) in [6.07, 6.45) is 11.3. The summed E-state index contributed by atoms with van der Waals surface area (Å²) in [7, 11) is 1.33. The number of likely N-dealkylation sites (tertiary alicyclic amines) is 1. The first kappa shape index (κ1) is 33.2. The van der Waals surface area contributed by atoms with Gasteiger partial charge >= 0.3 is 5.97 Å². The number of methoxy groups -OCH3 is 1. The van der Waals surface area contributed by atoms with Crippen molar-refractivity contribution in [1.29, 1.82) is 0 Å². The third-order valence-corrected chi connectivity index (χ3v) is 7.73. The van der Waals surface area contributed by atoms with E-state index in [-0.39, 0.29) is 26.3 Å². The van der Waals surface area contributed by atoms with E-state index in [0.717, 1.165) is 44.9 Å². The third-order valence-electron chi connectivity index (χ3n) is 7.73. The number of carbonyl (C=O) groups is 4. The fraction of sp³-hybridized carbons (Fsp3) is 0.733. The van der Waals surface area contributed by atoms with Gasteiger partial charge in [0.2, 0.25) is 11.8 Å². The summed E-state index contributed by atoms with van der Waals surface area (Å²) in [6.45, 7) is 12.2. The Kier molecular flexibility index (Phi) is 13.0. The van der Waals surface area contributed by atoms with Crippen LogP contribution in [-0.2, 0) is 19.1 Å². The number of amides is 3. The number of esters is 1. The lowest BCUT2D eigenvalue weighted by atomic mass is 9.82. The molecule has 1 saturated carbocycles. The number of aromatic nitrogens is 2. The molecule has 2 heterocycles. The van der Waals surface area contributed by atoms with Gasteiger partial charge in [-0.25, -0.2) is 9.78 Å². The highest BCUT2D eigenvalue weighted by Crippen LogP contribution is 2.32. The first-order chi connectivity index (χ1) is 19.1. The molecule has 0 unspecified atom stereocenters. The summed E-state index contributed by atoms with van der Waals surface area (Å²) in [5.74, 6) is -1.47. The van der Waals surface area contributed by atoms with E-state index in [4.69, 9.17) is 4.74 Å². The first-order valence-electron chi connectivity index (χ1n) is 14.8. The molecule has 3 amide bonds. The van der Waals surface area contributed by atoms with E-state index in [1.165, 1.54) is 25.7 Å². The molecule has 0 aromatic carbocycles. The van der Waals surface area contributed by atoms with Crippen LogP contribution in [0, 0.1) is 17.3 Å². The number of rotatable bonds is 9. The van der Waals surface area contributed by atoms with Gasteiger partial charge in [0, 0.05) is 21.8 Å². The summed E-state index contributed by atoms with van der Waals surface area (Å²) >= 11 is 0. The van der Waals surface area contributed by atoms with Crippen LogP contribution in [0.3, 0.4) is 0 Å². The first-order valence-corrected chi connectivity index (χ1v) is 14.8. The van der Waals surface area contributed by atoms with Crippen molar-refractivity contribution in [3.8, 4) is 0 Å². The molecule has 1 aliphatic carbocycles.